The number of esters is 1. The van der Waals surface area contributed by atoms with Crippen molar-refractivity contribution in [3.05, 3.63) is 23.8 Å². The van der Waals surface area contributed by atoms with Crippen molar-refractivity contribution in [2.24, 2.45) is 0 Å². The lowest BCUT2D eigenvalue weighted by atomic mass is 10.0. The largest absolute Gasteiger partial charge is 0.459 e. The third kappa shape index (κ3) is 4.91. The SMILES string of the molecule is CC(C)(C)OC(=O)CNC(=O)c1cc(N2CCN3CCC2CC3)ccc1N. The van der Waals surface area contributed by atoms with E-state index in [1.165, 1.54) is 0 Å². The maximum atomic E-state index is 12.6. The Hall–Kier alpha value is -2.28. The normalized spacial score (nSPS) is 22.3. The van der Waals surface area contributed by atoms with E-state index in [0.29, 0.717) is 17.3 Å². The number of benzene rings is 1. The minimum atomic E-state index is -0.581. The number of nitrogens with zero attached hydrogens (tertiary/aromatic N) is 2. The van der Waals surface area contributed by atoms with E-state index in [-0.39, 0.29) is 12.5 Å². The van der Waals surface area contributed by atoms with E-state index in [2.05, 4.69) is 15.1 Å². The third-order valence-corrected chi connectivity index (χ3v) is 5.08. The van der Waals surface area contributed by atoms with E-state index in [9.17, 15) is 9.59 Å². The maximum absolute atomic E-state index is 12.6. The summed E-state index contributed by atoms with van der Waals surface area (Å²) in [5.41, 5.74) is 7.27. The Morgan fingerprint density at radius 2 is 1.89 bits per heavy atom. The zero-order valence-electron chi connectivity index (χ0n) is 16.5. The number of anilines is 2. The third-order valence-electron chi connectivity index (χ3n) is 5.08. The second kappa shape index (κ2) is 7.76. The molecular formula is C20H30N4O3. The highest BCUT2D eigenvalue weighted by molar-refractivity contribution is 6.01. The van der Waals surface area contributed by atoms with Crippen molar-refractivity contribution < 1.29 is 14.3 Å². The Kier molecular flexibility index (Phi) is 5.60. The molecule has 3 aliphatic heterocycles. The van der Waals surface area contributed by atoms with Crippen LogP contribution < -0.4 is 16.0 Å². The Labute approximate surface area is 160 Å². The van der Waals surface area contributed by atoms with E-state index >= 15 is 0 Å². The lowest BCUT2D eigenvalue weighted by molar-refractivity contribution is -0.153. The number of carbonyl (C=O) groups is 2. The highest BCUT2D eigenvalue weighted by Crippen LogP contribution is 2.29. The van der Waals surface area contributed by atoms with Crippen LogP contribution in [0.3, 0.4) is 0 Å². The summed E-state index contributed by atoms with van der Waals surface area (Å²) in [5.74, 6) is -0.827. The molecule has 2 bridgehead atoms. The monoisotopic (exact) mass is 374 g/mol. The molecule has 7 nitrogen and oxygen atoms in total. The highest BCUT2D eigenvalue weighted by atomic mass is 16.6. The van der Waals surface area contributed by atoms with Gasteiger partial charge in [-0.25, -0.2) is 0 Å². The first-order valence-corrected chi connectivity index (χ1v) is 9.61. The molecule has 4 rings (SSSR count). The van der Waals surface area contributed by atoms with Crippen LogP contribution in [0, 0.1) is 0 Å². The second-order valence-corrected chi connectivity index (χ2v) is 8.31. The summed E-state index contributed by atoms with van der Waals surface area (Å²) in [6.45, 7) is 9.47. The van der Waals surface area contributed by atoms with Crippen molar-refractivity contribution in [1.29, 1.82) is 0 Å². The van der Waals surface area contributed by atoms with Crippen LogP contribution in [0.15, 0.2) is 18.2 Å². The van der Waals surface area contributed by atoms with Gasteiger partial charge < -0.3 is 25.6 Å². The van der Waals surface area contributed by atoms with Crippen LogP contribution in [0.5, 0.6) is 0 Å². The fraction of sp³-hybridized carbons (Fsp3) is 0.600. The van der Waals surface area contributed by atoms with Crippen LogP contribution in [0.2, 0.25) is 0 Å². The average molecular weight is 374 g/mol. The van der Waals surface area contributed by atoms with E-state index in [0.717, 1.165) is 44.7 Å². The number of fused-ring (bicyclic) bond motifs is 4. The smallest absolute Gasteiger partial charge is 0.325 e. The van der Waals surface area contributed by atoms with Crippen molar-refractivity contribution in [2.45, 2.75) is 45.3 Å². The van der Waals surface area contributed by atoms with Gasteiger partial charge in [0.15, 0.2) is 0 Å². The van der Waals surface area contributed by atoms with Crippen LogP contribution in [0.4, 0.5) is 11.4 Å². The molecule has 0 aromatic heterocycles. The number of ether oxygens (including phenoxy) is 1. The van der Waals surface area contributed by atoms with Crippen molar-refractivity contribution in [2.75, 3.05) is 43.4 Å². The number of amides is 1. The van der Waals surface area contributed by atoms with Crippen LogP contribution >= 0.6 is 0 Å². The molecule has 0 spiro atoms. The molecule has 3 heterocycles. The zero-order chi connectivity index (χ0) is 19.6. The van der Waals surface area contributed by atoms with Gasteiger partial charge in [0.05, 0.1) is 5.56 Å². The number of piperidine rings is 1. The Morgan fingerprint density at radius 3 is 2.56 bits per heavy atom. The van der Waals surface area contributed by atoms with Crippen LogP contribution in [0.25, 0.3) is 0 Å². The van der Waals surface area contributed by atoms with E-state index < -0.39 is 11.6 Å². The van der Waals surface area contributed by atoms with Gasteiger partial charge in [-0.1, -0.05) is 0 Å². The van der Waals surface area contributed by atoms with Gasteiger partial charge in [0.25, 0.3) is 5.91 Å². The number of hydrogen-bond acceptors (Lipinski definition) is 6. The van der Waals surface area contributed by atoms with Crippen LogP contribution in [-0.2, 0) is 9.53 Å². The summed E-state index contributed by atoms with van der Waals surface area (Å²) < 4.78 is 5.22. The zero-order valence-corrected chi connectivity index (χ0v) is 16.5. The second-order valence-electron chi connectivity index (χ2n) is 8.31. The number of hydrogen-bond donors (Lipinski definition) is 2. The molecule has 0 radical (unpaired) electrons. The van der Waals surface area contributed by atoms with Gasteiger partial charge in [-0.15, -0.1) is 0 Å². The van der Waals surface area contributed by atoms with Gasteiger partial charge in [0.2, 0.25) is 0 Å². The summed E-state index contributed by atoms with van der Waals surface area (Å²) in [6, 6.07) is 6.10. The number of rotatable bonds is 4. The predicted octanol–water partition coefficient (Wildman–Crippen LogP) is 1.62. The molecule has 1 aromatic rings. The average Bonchev–Trinajstić information content (AvgIpc) is 2.92. The lowest BCUT2D eigenvalue weighted by Gasteiger charge is -2.33. The quantitative estimate of drug-likeness (QED) is 0.615. The van der Waals surface area contributed by atoms with Gasteiger partial charge in [-0.05, 0) is 51.8 Å². The number of nitrogens with one attached hydrogen (secondary N) is 1. The number of nitrogens with two attached hydrogens (primary N) is 1. The van der Waals surface area contributed by atoms with E-state index in [1.807, 2.05) is 12.1 Å². The fourth-order valence-corrected chi connectivity index (χ4v) is 3.77. The Bertz CT molecular complexity index is 706. The minimum absolute atomic E-state index is 0.179. The Balaban J connectivity index is 1.69. The summed E-state index contributed by atoms with van der Waals surface area (Å²) in [7, 11) is 0. The topological polar surface area (TPSA) is 87.9 Å². The van der Waals surface area contributed by atoms with E-state index in [1.54, 1.807) is 26.8 Å². The highest BCUT2D eigenvalue weighted by Gasteiger charge is 2.29. The molecule has 1 amide bonds. The van der Waals surface area contributed by atoms with Crippen molar-refractivity contribution in [3.63, 3.8) is 0 Å². The van der Waals surface area contributed by atoms with Gasteiger partial charge in [0, 0.05) is 43.6 Å². The lowest BCUT2D eigenvalue weighted by Crippen LogP contribution is -2.38. The van der Waals surface area contributed by atoms with Crippen molar-refractivity contribution in [3.8, 4) is 0 Å². The molecule has 27 heavy (non-hydrogen) atoms. The molecule has 0 aliphatic carbocycles. The first-order valence-electron chi connectivity index (χ1n) is 9.61. The molecule has 3 fully saturated rings. The Morgan fingerprint density at radius 1 is 1.19 bits per heavy atom. The molecule has 3 aliphatic rings. The minimum Gasteiger partial charge on any atom is -0.459 e. The van der Waals surface area contributed by atoms with Gasteiger partial charge in [-0.3, -0.25) is 9.59 Å². The molecular weight excluding hydrogens is 344 g/mol. The van der Waals surface area contributed by atoms with Crippen LogP contribution in [0.1, 0.15) is 44.0 Å². The molecule has 0 saturated carbocycles. The van der Waals surface area contributed by atoms with Crippen molar-refractivity contribution >= 4 is 23.3 Å². The first kappa shape index (κ1) is 19.5. The summed E-state index contributed by atoms with van der Waals surface area (Å²) >= 11 is 0. The van der Waals surface area contributed by atoms with Gasteiger partial charge >= 0.3 is 5.97 Å². The number of carbonyl (C=O) groups excluding carboxylic acids is 2. The van der Waals surface area contributed by atoms with Gasteiger partial charge in [0.1, 0.15) is 12.1 Å². The molecule has 1 aromatic carbocycles. The molecule has 0 unspecified atom stereocenters. The van der Waals surface area contributed by atoms with E-state index in [4.69, 9.17) is 10.5 Å². The fourth-order valence-electron chi connectivity index (χ4n) is 3.77. The molecule has 3 N–H and O–H groups in total. The first-order chi connectivity index (χ1) is 12.7. The predicted molar refractivity (Wildman–Crippen MR) is 106 cm³/mol. The molecule has 0 atom stereocenters. The molecule has 3 saturated heterocycles. The summed E-state index contributed by atoms with van der Waals surface area (Å²) in [6.07, 6.45) is 2.29. The summed E-state index contributed by atoms with van der Waals surface area (Å²) in [4.78, 5) is 29.3. The molecule has 7 heteroatoms. The van der Waals surface area contributed by atoms with Crippen molar-refractivity contribution in [1.82, 2.24) is 10.2 Å². The number of nitrogen functional groups attached to an aromatic ring is 1. The van der Waals surface area contributed by atoms with Gasteiger partial charge in [-0.2, -0.15) is 0 Å². The summed E-state index contributed by atoms with van der Waals surface area (Å²) in [5, 5.41) is 2.62. The van der Waals surface area contributed by atoms with Crippen LogP contribution in [-0.4, -0.2) is 61.1 Å². The maximum Gasteiger partial charge on any atom is 0.325 e. The standard InChI is InChI=1S/C20H30N4O3/c1-20(2,3)27-18(25)13-22-19(26)16-12-15(4-5-17(16)21)24-11-10-23-8-6-14(24)7-9-23/h4-5,12,14H,6-11,13,21H2,1-3H3,(H,22,26). The molecule has 148 valence electrons.